The molecule has 0 bridgehead atoms. The summed E-state index contributed by atoms with van der Waals surface area (Å²) in [4.78, 5) is 24.0. The van der Waals surface area contributed by atoms with Crippen LogP contribution in [0.1, 0.15) is 33.1 Å². The fourth-order valence-electron chi connectivity index (χ4n) is 3.68. The third-order valence-corrected chi connectivity index (χ3v) is 5.51. The molecule has 144 valence electrons. The Kier molecular flexibility index (Phi) is 6.32. The fourth-order valence-corrected chi connectivity index (χ4v) is 3.68. The SMILES string of the molecule is CC1CCCC(NC(=O)COC(=O)COc2cccc3ccccc23)C1C. The highest BCUT2D eigenvalue weighted by atomic mass is 16.6. The van der Waals surface area contributed by atoms with E-state index in [9.17, 15) is 9.59 Å². The maximum atomic E-state index is 12.1. The second-order valence-corrected chi connectivity index (χ2v) is 7.37. The van der Waals surface area contributed by atoms with Gasteiger partial charge in [-0.25, -0.2) is 4.79 Å². The van der Waals surface area contributed by atoms with Gasteiger partial charge < -0.3 is 14.8 Å². The molecule has 1 fully saturated rings. The van der Waals surface area contributed by atoms with Crippen LogP contribution in [-0.2, 0) is 14.3 Å². The highest BCUT2D eigenvalue weighted by Gasteiger charge is 2.28. The molecule has 5 heteroatoms. The summed E-state index contributed by atoms with van der Waals surface area (Å²) in [5.74, 6) is 0.857. The number of carbonyl (C=O) groups excluding carboxylic acids is 2. The highest BCUT2D eigenvalue weighted by molar-refractivity contribution is 5.88. The molecule has 2 aromatic rings. The van der Waals surface area contributed by atoms with Crippen molar-refractivity contribution in [1.29, 1.82) is 0 Å². The molecule has 1 saturated carbocycles. The van der Waals surface area contributed by atoms with Gasteiger partial charge in [0.15, 0.2) is 13.2 Å². The number of benzene rings is 2. The van der Waals surface area contributed by atoms with Crippen LogP contribution < -0.4 is 10.1 Å². The Balaban J connectivity index is 1.45. The number of fused-ring (bicyclic) bond motifs is 1. The summed E-state index contributed by atoms with van der Waals surface area (Å²) >= 11 is 0. The standard InChI is InChI=1S/C22H27NO4/c1-15-7-5-11-19(16(15)2)23-21(24)13-27-22(25)14-26-20-12-6-9-17-8-3-4-10-18(17)20/h3-4,6,8-10,12,15-16,19H,5,7,11,13-14H2,1-2H3,(H,23,24). The van der Waals surface area contributed by atoms with Crippen molar-refractivity contribution in [3.8, 4) is 5.75 Å². The van der Waals surface area contributed by atoms with E-state index in [1.165, 1.54) is 6.42 Å². The van der Waals surface area contributed by atoms with E-state index in [4.69, 9.17) is 9.47 Å². The smallest absolute Gasteiger partial charge is 0.344 e. The van der Waals surface area contributed by atoms with E-state index in [2.05, 4.69) is 19.2 Å². The zero-order valence-electron chi connectivity index (χ0n) is 15.9. The van der Waals surface area contributed by atoms with Crippen molar-refractivity contribution < 1.29 is 19.1 Å². The minimum Gasteiger partial charge on any atom is -0.481 e. The second-order valence-electron chi connectivity index (χ2n) is 7.37. The molecule has 3 rings (SSSR count). The molecule has 1 aliphatic carbocycles. The molecule has 0 saturated heterocycles. The van der Waals surface area contributed by atoms with Crippen LogP contribution in [0.5, 0.6) is 5.75 Å². The zero-order valence-corrected chi connectivity index (χ0v) is 15.9. The van der Waals surface area contributed by atoms with Crippen LogP contribution in [0.4, 0.5) is 0 Å². The molecule has 0 radical (unpaired) electrons. The van der Waals surface area contributed by atoms with Gasteiger partial charge in [0.2, 0.25) is 0 Å². The lowest BCUT2D eigenvalue weighted by atomic mass is 9.78. The summed E-state index contributed by atoms with van der Waals surface area (Å²) in [5.41, 5.74) is 0. The van der Waals surface area contributed by atoms with Crippen molar-refractivity contribution in [1.82, 2.24) is 5.32 Å². The van der Waals surface area contributed by atoms with Crippen LogP contribution in [-0.4, -0.2) is 31.1 Å². The lowest BCUT2D eigenvalue weighted by molar-refractivity contribution is -0.150. The molecular formula is C22H27NO4. The molecule has 3 atom stereocenters. The van der Waals surface area contributed by atoms with Crippen LogP contribution in [0.3, 0.4) is 0 Å². The molecule has 5 nitrogen and oxygen atoms in total. The van der Waals surface area contributed by atoms with Crippen LogP contribution in [0.15, 0.2) is 42.5 Å². The summed E-state index contributed by atoms with van der Waals surface area (Å²) in [5, 5.41) is 4.97. The monoisotopic (exact) mass is 369 g/mol. The number of amides is 1. The van der Waals surface area contributed by atoms with E-state index in [1.807, 2.05) is 42.5 Å². The molecule has 1 amide bonds. The molecule has 3 unspecified atom stereocenters. The van der Waals surface area contributed by atoms with E-state index >= 15 is 0 Å². The largest absolute Gasteiger partial charge is 0.481 e. The first-order valence-corrected chi connectivity index (χ1v) is 9.60. The van der Waals surface area contributed by atoms with Crippen molar-refractivity contribution in [2.24, 2.45) is 11.8 Å². The first-order chi connectivity index (χ1) is 13.0. The van der Waals surface area contributed by atoms with E-state index in [-0.39, 0.29) is 25.2 Å². The Hall–Kier alpha value is -2.56. The Bertz CT molecular complexity index is 799. The van der Waals surface area contributed by atoms with Crippen LogP contribution in [0.25, 0.3) is 10.8 Å². The van der Waals surface area contributed by atoms with Gasteiger partial charge >= 0.3 is 5.97 Å². The second kappa shape index (κ2) is 8.89. The summed E-state index contributed by atoms with van der Waals surface area (Å²) in [6, 6.07) is 13.6. The molecule has 0 heterocycles. The Morgan fingerprint density at radius 2 is 1.81 bits per heavy atom. The van der Waals surface area contributed by atoms with Crippen molar-refractivity contribution in [3.05, 3.63) is 42.5 Å². The number of hydrogen-bond donors (Lipinski definition) is 1. The van der Waals surface area contributed by atoms with E-state index in [0.29, 0.717) is 17.6 Å². The average molecular weight is 369 g/mol. The van der Waals surface area contributed by atoms with Gasteiger partial charge in [-0.15, -0.1) is 0 Å². The maximum absolute atomic E-state index is 12.1. The summed E-state index contributed by atoms with van der Waals surface area (Å²) < 4.78 is 10.7. The Morgan fingerprint density at radius 3 is 2.67 bits per heavy atom. The lowest BCUT2D eigenvalue weighted by Gasteiger charge is -2.34. The third-order valence-electron chi connectivity index (χ3n) is 5.51. The first kappa shape index (κ1) is 19.2. The Morgan fingerprint density at radius 1 is 1.04 bits per heavy atom. The minimum absolute atomic E-state index is 0.159. The van der Waals surface area contributed by atoms with Gasteiger partial charge in [-0.1, -0.05) is 63.1 Å². The van der Waals surface area contributed by atoms with Crippen molar-refractivity contribution in [2.75, 3.05) is 13.2 Å². The van der Waals surface area contributed by atoms with Crippen molar-refractivity contribution in [2.45, 2.75) is 39.2 Å². The highest BCUT2D eigenvalue weighted by Crippen LogP contribution is 2.29. The summed E-state index contributed by atoms with van der Waals surface area (Å²) in [6.07, 6.45) is 3.30. The van der Waals surface area contributed by atoms with Crippen LogP contribution >= 0.6 is 0 Å². The van der Waals surface area contributed by atoms with Crippen LogP contribution in [0, 0.1) is 11.8 Å². The topological polar surface area (TPSA) is 64.6 Å². The quantitative estimate of drug-likeness (QED) is 0.789. The van der Waals surface area contributed by atoms with E-state index in [0.717, 1.165) is 23.6 Å². The molecule has 2 aromatic carbocycles. The number of esters is 1. The average Bonchev–Trinajstić information content (AvgIpc) is 2.68. The van der Waals surface area contributed by atoms with Gasteiger partial charge in [-0.2, -0.15) is 0 Å². The van der Waals surface area contributed by atoms with E-state index < -0.39 is 5.97 Å². The predicted octanol–water partition coefficient (Wildman–Crippen LogP) is 3.70. The van der Waals surface area contributed by atoms with E-state index in [1.54, 1.807) is 0 Å². The van der Waals surface area contributed by atoms with Gasteiger partial charge in [0.05, 0.1) is 0 Å². The first-order valence-electron chi connectivity index (χ1n) is 9.60. The molecule has 0 aromatic heterocycles. The van der Waals surface area contributed by atoms with Gasteiger partial charge in [0.25, 0.3) is 5.91 Å². The number of ether oxygens (including phenoxy) is 2. The number of rotatable bonds is 6. The summed E-state index contributed by atoms with van der Waals surface area (Å²) in [7, 11) is 0. The van der Waals surface area contributed by atoms with Crippen molar-refractivity contribution >= 4 is 22.6 Å². The molecular weight excluding hydrogens is 342 g/mol. The summed E-state index contributed by atoms with van der Waals surface area (Å²) in [6.45, 7) is 3.89. The normalized spacial score (nSPS) is 22.2. The molecule has 1 N–H and O–H groups in total. The lowest BCUT2D eigenvalue weighted by Crippen LogP contribution is -2.45. The van der Waals surface area contributed by atoms with Gasteiger partial charge in [-0.05, 0) is 29.7 Å². The zero-order chi connectivity index (χ0) is 19.2. The van der Waals surface area contributed by atoms with Gasteiger partial charge in [-0.3, -0.25) is 4.79 Å². The molecule has 0 aliphatic heterocycles. The fraction of sp³-hybridized carbons (Fsp3) is 0.455. The Labute approximate surface area is 160 Å². The molecule has 1 aliphatic rings. The molecule has 27 heavy (non-hydrogen) atoms. The van der Waals surface area contributed by atoms with Gasteiger partial charge in [0.1, 0.15) is 5.75 Å². The number of nitrogens with one attached hydrogen (secondary N) is 1. The number of carbonyl (C=O) groups is 2. The van der Waals surface area contributed by atoms with Crippen LogP contribution in [0.2, 0.25) is 0 Å². The maximum Gasteiger partial charge on any atom is 0.344 e. The number of hydrogen-bond acceptors (Lipinski definition) is 4. The predicted molar refractivity (Wildman–Crippen MR) is 105 cm³/mol. The molecule has 0 spiro atoms. The third kappa shape index (κ3) is 5.00. The van der Waals surface area contributed by atoms with Crippen molar-refractivity contribution in [3.63, 3.8) is 0 Å². The minimum atomic E-state index is -0.553. The van der Waals surface area contributed by atoms with Gasteiger partial charge in [0, 0.05) is 11.4 Å².